The first kappa shape index (κ1) is 16.2. The SMILES string of the molecule is Cc1nnc(N2C[C@@H](F)C[C@H]2CN(C)C(=O)Nc2ccccn2)o1. The van der Waals surface area contributed by atoms with Gasteiger partial charge in [0.15, 0.2) is 0 Å². The van der Waals surface area contributed by atoms with Crippen molar-refractivity contribution in [3.63, 3.8) is 0 Å². The number of carbonyl (C=O) groups is 1. The Balaban J connectivity index is 1.63. The number of anilines is 2. The zero-order valence-corrected chi connectivity index (χ0v) is 13.5. The van der Waals surface area contributed by atoms with E-state index in [9.17, 15) is 9.18 Å². The molecule has 0 unspecified atom stereocenters. The molecule has 3 rings (SSSR count). The summed E-state index contributed by atoms with van der Waals surface area (Å²) >= 11 is 0. The fourth-order valence-electron chi connectivity index (χ4n) is 2.71. The summed E-state index contributed by atoms with van der Waals surface area (Å²) in [4.78, 5) is 19.5. The number of aryl methyl sites for hydroxylation is 1. The maximum Gasteiger partial charge on any atom is 0.322 e. The molecule has 2 aromatic heterocycles. The van der Waals surface area contributed by atoms with Gasteiger partial charge in [0.1, 0.15) is 12.0 Å². The van der Waals surface area contributed by atoms with E-state index in [1.54, 1.807) is 43.3 Å². The Morgan fingerprint density at radius 2 is 2.33 bits per heavy atom. The second kappa shape index (κ2) is 6.81. The summed E-state index contributed by atoms with van der Waals surface area (Å²) in [6.07, 6.45) is 0.914. The van der Waals surface area contributed by atoms with Crippen LogP contribution in [0, 0.1) is 6.92 Å². The van der Waals surface area contributed by atoms with E-state index in [2.05, 4.69) is 20.5 Å². The lowest BCUT2D eigenvalue weighted by molar-refractivity contribution is 0.218. The van der Waals surface area contributed by atoms with Crippen LogP contribution in [0.3, 0.4) is 0 Å². The normalized spacial score (nSPS) is 20.2. The third-order valence-corrected chi connectivity index (χ3v) is 3.86. The molecule has 24 heavy (non-hydrogen) atoms. The van der Waals surface area contributed by atoms with Crippen molar-refractivity contribution in [2.24, 2.45) is 0 Å². The van der Waals surface area contributed by atoms with E-state index in [4.69, 9.17) is 4.42 Å². The zero-order valence-electron chi connectivity index (χ0n) is 13.5. The summed E-state index contributed by atoms with van der Waals surface area (Å²) in [5.41, 5.74) is 0. The van der Waals surface area contributed by atoms with Gasteiger partial charge in [-0.3, -0.25) is 5.32 Å². The number of hydrogen-bond donors (Lipinski definition) is 1. The average Bonchev–Trinajstić information content (AvgIpc) is 3.14. The Labute approximate surface area is 138 Å². The third-order valence-electron chi connectivity index (χ3n) is 3.86. The highest BCUT2D eigenvalue weighted by Gasteiger charge is 2.36. The summed E-state index contributed by atoms with van der Waals surface area (Å²) in [7, 11) is 1.65. The van der Waals surface area contributed by atoms with E-state index in [-0.39, 0.29) is 24.6 Å². The van der Waals surface area contributed by atoms with Crippen molar-refractivity contribution in [2.75, 3.05) is 30.4 Å². The second-order valence-corrected chi connectivity index (χ2v) is 5.77. The quantitative estimate of drug-likeness (QED) is 0.918. The Bertz CT molecular complexity index is 694. The molecule has 128 valence electrons. The molecule has 0 radical (unpaired) electrons. The van der Waals surface area contributed by atoms with Crippen LogP contribution in [0.4, 0.5) is 21.0 Å². The number of nitrogens with one attached hydrogen (secondary N) is 1. The van der Waals surface area contributed by atoms with Crippen molar-refractivity contribution >= 4 is 17.9 Å². The minimum Gasteiger partial charge on any atom is -0.408 e. The molecule has 0 aromatic carbocycles. The molecule has 2 aromatic rings. The summed E-state index contributed by atoms with van der Waals surface area (Å²) in [6.45, 7) is 2.20. The highest BCUT2D eigenvalue weighted by molar-refractivity contribution is 5.88. The van der Waals surface area contributed by atoms with Crippen molar-refractivity contribution in [1.82, 2.24) is 20.1 Å². The fraction of sp³-hybridized carbons (Fsp3) is 0.467. The maximum atomic E-state index is 13.9. The lowest BCUT2D eigenvalue weighted by Crippen LogP contribution is -2.43. The first-order chi connectivity index (χ1) is 11.5. The molecular weight excluding hydrogens is 315 g/mol. The van der Waals surface area contributed by atoms with Gasteiger partial charge >= 0.3 is 12.0 Å². The third kappa shape index (κ3) is 3.61. The average molecular weight is 334 g/mol. The zero-order chi connectivity index (χ0) is 17.1. The van der Waals surface area contributed by atoms with Crippen LogP contribution in [-0.2, 0) is 0 Å². The van der Waals surface area contributed by atoms with Crippen LogP contribution >= 0.6 is 0 Å². The monoisotopic (exact) mass is 334 g/mol. The number of nitrogens with zero attached hydrogens (tertiary/aromatic N) is 5. The summed E-state index contributed by atoms with van der Waals surface area (Å²) in [5, 5.41) is 10.4. The first-order valence-corrected chi connectivity index (χ1v) is 7.67. The highest BCUT2D eigenvalue weighted by atomic mass is 19.1. The number of urea groups is 1. The van der Waals surface area contributed by atoms with Gasteiger partial charge in [-0.15, -0.1) is 5.10 Å². The van der Waals surface area contributed by atoms with Crippen LogP contribution in [0.2, 0.25) is 0 Å². The van der Waals surface area contributed by atoms with Gasteiger partial charge in [-0.2, -0.15) is 0 Å². The lowest BCUT2D eigenvalue weighted by atomic mass is 10.2. The van der Waals surface area contributed by atoms with Crippen LogP contribution < -0.4 is 10.2 Å². The fourth-order valence-corrected chi connectivity index (χ4v) is 2.71. The van der Waals surface area contributed by atoms with Gasteiger partial charge in [-0.05, 0) is 12.1 Å². The Morgan fingerprint density at radius 3 is 3.00 bits per heavy atom. The van der Waals surface area contributed by atoms with E-state index in [1.165, 1.54) is 4.90 Å². The topological polar surface area (TPSA) is 87.4 Å². The Hall–Kier alpha value is -2.71. The van der Waals surface area contributed by atoms with E-state index >= 15 is 0 Å². The van der Waals surface area contributed by atoms with Crippen LogP contribution in [0.15, 0.2) is 28.8 Å². The molecule has 2 amide bonds. The molecule has 1 aliphatic heterocycles. The molecule has 0 saturated carbocycles. The number of hydrogen-bond acceptors (Lipinski definition) is 6. The molecule has 9 heteroatoms. The minimum absolute atomic E-state index is 0.183. The van der Waals surface area contributed by atoms with Crippen LogP contribution in [-0.4, -0.2) is 58.5 Å². The molecular formula is C15H19FN6O2. The van der Waals surface area contributed by atoms with Gasteiger partial charge in [0.05, 0.1) is 12.6 Å². The van der Waals surface area contributed by atoms with E-state index in [1.807, 2.05) is 0 Å². The molecule has 0 aliphatic carbocycles. The number of rotatable bonds is 4. The number of carbonyl (C=O) groups excluding carboxylic acids is 1. The summed E-state index contributed by atoms with van der Waals surface area (Å²) in [5.74, 6) is 0.890. The number of aromatic nitrogens is 3. The molecule has 0 spiro atoms. The molecule has 8 nitrogen and oxygen atoms in total. The number of alkyl halides is 1. The molecule has 1 saturated heterocycles. The van der Waals surface area contributed by atoms with Crippen molar-refractivity contribution in [2.45, 2.75) is 25.6 Å². The molecule has 1 fully saturated rings. The number of pyridine rings is 1. The molecule has 1 N–H and O–H groups in total. The van der Waals surface area contributed by atoms with Gasteiger partial charge in [-0.25, -0.2) is 14.2 Å². The standard InChI is InChI=1S/C15H19FN6O2/c1-10-19-20-15(24-10)22-8-11(16)7-12(22)9-21(2)14(23)18-13-5-3-4-6-17-13/h3-6,11-12H,7-9H2,1-2H3,(H,17,18,23)/t11-,12-/m0/s1. The van der Waals surface area contributed by atoms with Gasteiger partial charge in [0, 0.05) is 33.1 Å². The van der Waals surface area contributed by atoms with E-state index in [0.717, 1.165) is 0 Å². The van der Waals surface area contributed by atoms with E-state index in [0.29, 0.717) is 24.7 Å². The number of halogens is 1. The molecule has 1 aliphatic rings. The predicted molar refractivity (Wildman–Crippen MR) is 85.6 cm³/mol. The number of amides is 2. The van der Waals surface area contributed by atoms with Crippen molar-refractivity contribution in [3.8, 4) is 0 Å². The smallest absolute Gasteiger partial charge is 0.322 e. The minimum atomic E-state index is -0.991. The van der Waals surface area contributed by atoms with Crippen LogP contribution in [0.5, 0.6) is 0 Å². The van der Waals surface area contributed by atoms with Gasteiger partial charge < -0.3 is 14.2 Å². The summed E-state index contributed by atoms with van der Waals surface area (Å²) < 4.78 is 19.2. The molecule has 0 bridgehead atoms. The lowest BCUT2D eigenvalue weighted by Gasteiger charge is -2.27. The van der Waals surface area contributed by atoms with Gasteiger partial charge in [0.2, 0.25) is 5.89 Å². The van der Waals surface area contributed by atoms with Gasteiger partial charge in [0.25, 0.3) is 0 Å². The van der Waals surface area contributed by atoms with Crippen molar-refractivity contribution in [3.05, 3.63) is 30.3 Å². The van der Waals surface area contributed by atoms with Crippen molar-refractivity contribution < 1.29 is 13.6 Å². The predicted octanol–water partition coefficient (Wildman–Crippen LogP) is 1.85. The number of likely N-dealkylation sites (N-methyl/N-ethyl adjacent to an activating group) is 1. The second-order valence-electron chi connectivity index (χ2n) is 5.77. The first-order valence-electron chi connectivity index (χ1n) is 7.67. The Morgan fingerprint density at radius 1 is 1.50 bits per heavy atom. The largest absolute Gasteiger partial charge is 0.408 e. The van der Waals surface area contributed by atoms with Gasteiger partial charge in [-0.1, -0.05) is 11.2 Å². The summed E-state index contributed by atoms with van der Waals surface area (Å²) in [6, 6.07) is 5.01. The van der Waals surface area contributed by atoms with Crippen LogP contribution in [0.1, 0.15) is 12.3 Å². The maximum absolute atomic E-state index is 13.9. The van der Waals surface area contributed by atoms with E-state index < -0.39 is 6.17 Å². The molecule has 2 atom stereocenters. The van der Waals surface area contributed by atoms with Crippen molar-refractivity contribution in [1.29, 1.82) is 0 Å². The van der Waals surface area contributed by atoms with Crippen LogP contribution in [0.25, 0.3) is 0 Å². The highest BCUT2D eigenvalue weighted by Crippen LogP contribution is 2.26. The molecule has 3 heterocycles. The Kier molecular flexibility index (Phi) is 4.59.